The van der Waals surface area contributed by atoms with E-state index in [0.717, 1.165) is 16.8 Å². The quantitative estimate of drug-likeness (QED) is 0.838. The second-order valence-electron chi connectivity index (χ2n) is 4.32. The molecule has 1 N–H and O–H groups in total. The highest BCUT2D eigenvalue weighted by molar-refractivity contribution is 6.31. The Balaban J connectivity index is 2.83. The van der Waals surface area contributed by atoms with Crippen LogP contribution in [0.5, 0.6) is 0 Å². The van der Waals surface area contributed by atoms with Gasteiger partial charge in [0, 0.05) is 12.7 Å². The van der Waals surface area contributed by atoms with Crippen LogP contribution < -0.4 is 10.2 Å². The first-order chi connectivity index (χ1) is 8.31. The fraction of sp³-hybridized carbons (Fsp3) is 0.385. The van der Waals surface area contributed by atoms with Crippen LogP contribution in [0.3, 0.4) is 0 Å². The van der Waals surface area contributed by atoms with Crippen molar-refractivity contribution in [3.63, 3.8) is 0 Å². The molecule has 0 bridgehead atoms. The lowest BCUT2D eigenvalue weighted by atomic mass is 10.1. The number of anilines is 1. The topological polar surface area (TPSA) is 49.4 Å². The minimum atomic E-state index is -0.735. The third-order valence-electron chi connectivity index (χ3n) is 2.49. The van der Waals surface area contributed by atoms with E-state index in [9.17, 15) is 9.59 Å². The highest BCUT2D eigenvalue weighted by Crippen LogP contribution is 2.17. The number of carbonyl (C=O) groups is 2. The van der Waals surface area contributed by atoms with Crippen LogP contribution in [0.2, 0.25) is 0 Å². The maximum Gasteiger partial charge on any atom is 0.328 e. The van der Waals surface area contributed by atoms with Crippen molar-refractivity contribution in [2.45, 2.75) is 26.1 Å². The number of hydrogen-bond acceptors (Lipinski definition) is 2. The second-order valence-corrected chi connectivity index (χ2v) is 4.97. The standard InChI is InChI=1S/C13H17ClN2O2/c1-8-5-9(2)7-11(6-8)16(4)13(18)15-12(17)10(3)14/h5-7,10H,1-4H3,(H,15,17,18). The Bertz CT molecular complexity index is 452. The molecule has 0 saturated carbocycles. The van der Waals surface area contributed by atoms with E-state index >= 15 is 0 Å². The molecule has 0 saturated heterocycles. The van der Waals surface area contributed by atoms with Gasteiger partial charge in [-0.15, -0.1) is 11.6 Å². The number of amides is 3. The molecule has 0 radical (unpaired) electrons. The smallest absolute Gasteiger partial charge is 0.297 e. The average molecular weight is 269 g/mol. The summed E-state index contributed by atoms with van der Waals surface area (Å²) in [5.74, 6) is -0.502. The predicted octanol–water partition coefficient (Wildman–Crippen LogP) is 2.60. The van der Waals surface area contributed by atoms with Gasteiger partial charge >= 0.3 is 6.03 Å². The second kappa shape index (κ2) is 5.87. The molecule has 0 fully saturated rings. The van der Waals surface area contributed by atoms with Crippen LogP contribution >= 0.6 is 11.6 Å². The van der Waals surface area contributed by atoms with Gasteiger partial charge in [-0.05, 0) is 44.0 Å². The Labute approximate surface area is 112 Å². The zero-order valence-corrected chi connectivity index (χ0v) is 11.7. The summed E-state index contributed by atoms with van der Waals surface area (Å²) in [6, 6.07) is 5.28. The van der Waals surface area contributed by atoms with Crippen LogP contribution in [0, 0.1) is 13.8 Å². The van der Waals surface area contributed by atoms with Gasteiger partial charge in [0.2, 0.25) is 5.91 Å². The molecule has 4 nitrogen and oxygen atoms in total. The van der Waals surface area contributed by atoms with Crippen LogP contribution in [-0.4, -0.2) is 24.4 Å². The summed E-state index contributed by atoms with van der Waals surface area (Å²) in [5, 5.41) is 1.50. The van der Waals surface area contributed by atoms with Crippen molar-refractivity contribution >= 4 is 29.2 Å². The molecular formula is C13H17ClN2O2. The number of hydrogen-bond donors (Lipinski definition) is 1. The molecule has 0 aromatic heterocycles. The molecule has 18 heavy (non-hydrogen) atoms. The van der Waals surface area contributed by atoms with E-state index in [-0.39, 0.29) is 0 Å². The van der Waals surface area contributed by atoms with Crippen LogP contribution in [-0.2, 0) is 4.79 Å². The van der Waals surface area contributed by atoms with Gasteiger partial charge in [0.05, 0.1) is 0 Å². The number of alkyl halides is 1. The van der Waals surface area contributed by atoms with E-state index in [4.69, 9.17) is 11.6 Å². The number of aryl methyl sites for hydroxylation is 2. The van der Waals surface area contributed by atoms with Crippen LogP contribution in [0.1, 0.15) is 18.1 Å². The Hall–Kier alpha value is -1.55. The number of halogens is 1. The first-order valence-corrected chi connectivity index (χ1v) is 6.06. The number of benzene rings is 1. The van der Waals surface area contributed by atoms with Gasteiger partial charge in [-0.2, -0.15) is 0 Å². The number of nitrogens with one attached hydrogen (secondary N) is 1. The van der Waals surface area contributed by atoms with Gasteiger partial charge < -0.3 is 0 Å². The van der Waals surface area contributed by atoms with E-state index in [1.165, 1.54) is 11.8 Å². The SMILES string of the molecule is Cc1cc(C)cc(N(C)C(=O)NC(=O)C(C)Cl)c1. The fourth-order valence-electron chi connectivity index (χ4n) is 1.55. The lowest BCUT2D eigenvalue weighted by molar-refractivity contribution is -0.119. The monoisotopic (exact) mass is 268 g/mol. The largest absolute Gasteiger partial charge is 0.328 e. The molecule has 3 amide bonds. The van der Waals surface area contributed by atoms with Crippen LogP contribution in [0.15, 0.2) is 18.2 Å². The van der Waals surface area contributed by atoms with E-state index in [1.54, 1.807) is 7.05 Å². The van der Waals surface area contributed by atoms with Gasteiger partial charge in [-0.25, -0.2) is 4.79 Å². The van der Waals surface area contributed by atoms with Gasteiger partial charge in [-0.3, -0.25) is 15.0 Å². The van der Waals surface area contributed by atoms with Crippen molar-refractivity contribution in [3.05, 3.63) is 29.3 Å². The number of nitrogens with zero attached hydrogens (tertiary/aromatic N) is 1. The summed E-state index contributed by atoms with van der Waals surface area (Å²) in [7, 11) is 1.61. The summed E-state index contributed by atoms with van der Waals surface area (Å²) in [5.41, 5.74) is 2.85. The highest BCUT2D eigenvalue weighted by atomic mass is 35.5. The zero-order chi connectivity index (χ0) is 13.9. The van der Waals surface area contributed by atoms with Gasteiger partial charge in [0.15, 0.2) is 0 Å². The number of imide groups is 1. The van der Waals surface area contributed by atoms with Crippen molar-refractivity contribution in [1.29, 1.82) is 0 Å². The first kappa shape index (κ1) is 14.5. The lowest BCUT2D eigenvalue weighted by Gasteiger charge is -2.19. The third-order valence-corrected chi connectivity index (χ3v) is 2.69. The molecule has 98 valence electrons. The van der Waals surface area contributed by atoms with Crippen LogP contribution in [0.4, 0.5) is 10.5 Å². The lowest BCUT2D eigenvalue weighted by Crippen LogP contribution is -2.43. The summed E-state index contributed by atoms with van der Waals surface area (Å²) >= 11 is 5.59. The predicted molar refractivity (Wildman–Crippen MR) is 73.2 cm³/mol. The van der Waals surface area contributed by atoms with Crippen molar-refractivity contribution in [1.82, 2.24) is 5.32 Å². The molecule has 5 heteroatoms. The van der Waals surface area contributed by atoms with Crippen molar-refractivity contribution in [3.8, 4) is 0 Å². The zero-order valence-electron chi connectivity index (χ0n) is 11.0. The molecule has 0 aliphatic carbocycles. The third kappa shape index (κ3) is 3.74. The Morgan fingerprint density at radius 2 is 1.72 bits per heavy atom. The van der Waals surface area contributed by atoms with E-state index in [1.807, 2.05) is 32.0 Å². The van der Waals surface area contributed by atoms with E-state index in [2.05, 4.69) is 5.32 Å². The number of urea groups is 1. The number of rotatable bonds is 2. The van der Waals surface area contributed by atoms with Gasteiger partial charge in [-0.1, -0.05) is 6.07 Å². The normalized spacial score (nSPS) is 11.8. The fourth-order valence-corrected chi connectivity index (χ4v) is 1.60. The molecule has 0 aliphatic heterocycles. The van der Waals surface area contributed by atoms with Crippen LogP contribution in [0.25, 0.3) is 0 Å². The molecule has 0 aliphatic rings. The summed E-state index contributed by atoms with van der Waals surface area (Å²) in [4.78, 5) is 24.5. The molecule has 1 aromatic rings. The van der Waals surface area contributed by atoms with Crippen molar-refractivity contribution < 1.29 is 9.59 Å². The Morgan fingerprint density at radius 1 is 1.22 bits per heavy atom. The van der Waals surface area contributed by atoms with E-state index in [0.29, 0.717) is 0 Å². The molecule has 0 heterocycles. The summed E-state index contributed by atoms with van der Waals surface area (Å²) in [6.45, 7) is 5.42. The van der Waals surface area contributed by atoms with Gasteiger partial charge in [0.25, 0.3) is 0 Å². The summed E-state index contributed by atoms with van der Waals surface area (Å²) < 4.78 is 0. The Kier molecular flexibility index (Phi) is 4.73. The molecule has 1 rings (SSSR count). The molecule has 1 atom stereocenters. The minimum absolute atomic E-state index is 0.488. The van der Waals surface area contributed by atoms with Gasteiger partial charge in [0.1, 0.15) is 5.38 Å². The van der Waals surface area contributed by atoms with E-state index < -0.39 is 17.3 Å². The molecule has 1 unspecified atom stereocenters. The maximum atomic E-state index is 11.8. The van der Waals surface area contributed by atoms with Crippen molar-refractivity contribution in [2.75, 3.05) is 11.9 Å². The van der Waals surface area contributed by atoms with Crippen molar-refractivity contribution in [2.24, 2.45) is 0 Å². The number of carbonyl (C=O) groups excluding carboxylic acids is 2. The minimum Gasteiger partial charge on any atom is -0.297 e. The highest BCUT2D eigenvalue weighted by Gasteiger charge is 2.17. The molecule has 0 spiro atoms. The molecular weight excluding hydrogens is 252 g/mol. The first-order valence-electron chi connectivity index (χ1n) is 5.62. The average Bonchev–Trinajstić information content (AvgIpc) is 2.26. The maximum absolute atomic E-state index is 11.8. The Morgan fingerprint density at radius 3 is 2.17 bits per heavy atom. The molecule has 1 aromatic carbocycles. The summed E-state index contributed by atoms with van der Waals surface area (Å²) in [6.07, 6.45) is 0.